The predicted octanol–water partition coefficient (Wildman–Crippen LogP) is 5.07. The fourth-order valence-corrected chi connectivity index (χ4v) is 5.14. The zero-order valence-corrected chi connectivity index (χ0v) is 27.5. The Hall–Kier alpha value is -5.51. The summed E-state index contributed by atoms with van der Waals surface area (Å²) >= 11 is 0. The molecule has 0 radical (unpaired) electrons. The van der Waals surface area contributed by atoms with Crippen LogP contribution in [0.3, 0.4) is 0 Å². The number of terminal acetylenes is 1. The molecule has 1 aromatic heterocycles. The van der Waals surface area contributed by atoms with Gasteiger partial charge in [-0.05, 0) is 41.8 Å². The molecular formula is C37H39N3O9. The van der Waals surface area contributed by atoms with Gasteiger partial charge in [-0.25, -0.2) is 9.97 Å². The molecule has 0 fully saturated rings. The van der Waals surface area contributed by atoms with Crippen molar-refractivity contribution in [1.29, 1.82) is 0 Å². The molecule has 1 heterocycles. The summed E-state index contributed by atoms with van der Waals surface area (Å²) in [4.78, 5) is 46.4. The molecule has 0 aliphatic rings. The summed E-state index contributed by atoms with van der Waals surface area (Å²) in [7, 11) is 3.19. The van der Waals surface area contributed by atoms with Crippen molar-refractivity contribution in [2.24, 2.45) is 5.92 Å². The summed E-state index contributed by atoms with van der Waals surface area (Å²) in [5.41, 5.74) is 3.72. The Bertz CT molecular complexity index is 1790. The van der Waals surface area contributed by atoms with Gasteiger partial charge in [0.25, 0.3) is 0 Å². The Morgan fingerprint density at radius 1 is 0.878 bits per heavy atom. The van der Waals surface area contributed by atoms with E-state index in [0.717, 1.165) is 11.3 Å². The number of hydrogen-bond donors (Lipinski definition) is 2. The van der Waals surface area contributed by atoms with Crippen molar-refractivity contribution < 1.29 is 43.5 Å². The molecule has 0 saturated carbocycles. The van der Waals surface area contributed by atoms with Crippen LogP contribution < -0.4 is 14.4 Å². The van der Waals surface area contributed by atoms with Gasteiger partial charge in [0.05, 0.1) is 24.6 Å². The summed E-state index contributed by atoms with van der Waals surface area (Å²) in [5.74, 6) is 0.685. The van der Waals surface area contributed by atoms with Crippen LogP contribution in [0.4, 0.5) is 11.5 Å². The van der Waals surface area contributed by atoms with Gasteiger partial charge in [-0.15, -0.1) is 6.42 Å². The summed E-state index contributed by atoms with van der Waals surface area (Å²) in [5, 5.41) is 19.1. The number of Topliss-reactive ketones (excluding diaryl/α,β-unsaturated/α-hetero) is 1. The van der Waals surface area contributed by atoms with Gasteiger partial charge in [0.1, 0.15) is 31.1 Å². The van der Waals surface area contributed by atoms with Crippen molar-refractivity contribution in [1.82, 2.24) is 9.97 Å². The highest BCUT2D eigenvalue weighted by atomic mass is 16.5. The lowest BCUT2D eigenvalue weighted by Crippen LogP contribution is -2.20. The van der Waals surface area contributed by atoms with Crippen LogP contribution in [0.25, 0.3) is 10.9 Å². The molecule has 0 saturated heterocycles. The van der Waals surface area contributed by atoms with Crippen LogP contribution in [0.1, 0.15) is 36.0 Å². The van der Waals surface area contributed by atoms with E-state index in [1.54, 1.807) is 20.3 Å². The van der Waals surface area contributed by atoms with Gasteiger partial charge in [0, 0.05) is 62.7 Å². The van der Waals surface area contributed by atoms with E-state index in [1.807, 2.05) is 59.5 Å². The average molecular weight is 670 g/mol. The molecule has 0 unspecified atom stereocenters. The Balaban J connectivity index is 1.65. The third kappa shape index (κ3) is 10.5. The van der Waals surface area contributed by atoms with E-state index in [0.29, 0.717) is 72.3 Å². The molecule has 256 valence electrons. The Morgan fingerprint density at radius 2 is 1.55 bits per heavy atom. The van der Waals surface area contributed by atoms with Gasteiger partial charge in [-0.2, -0.15) is 0 Å². The Labute approximate surface area is 284 Å². The van der Waals surface area contributed by atoms with Crippen LogP contribution in [0.15, 0.2) is 67.0 Å². The van der Waals surface area contributed by atoms with E-state index in [-0.39, 0.29) is 31.5 Å². The van der Waals surface area contributed by atoms with Crippen molar-refractivity contribution in [3.05, 3.63) is 83.7 Å². The standard InChI is InChI=1S/C37H39N3O9/c1-4-25-6-5-7-29(18-25)40(23-27-10-8-26(9-11-27)19-30(41)20-28(37(44)45)12-13-35(42)43)36-31-21-33(48-16-14-46-2)34(49-17-15-47-3)22-32(31)38-24-39-36/h1,5-11,18,21-22,24,28H,12-17,19-20,23H2,2-3H3,(H,42,43)(H,44,45)/t28-/m1/s1. The van der Waals surface area contributed by atoms with E-state index < -0.39 is 17.9 Å². The highest BCUT2D eigenvalue weighted by molar-refractivity contribution is 5.94. The quantitative estimate of drug-likeness (QED) is 0.0953. The second kappa shape index (κ2) is 18.1. The van der Waals surface area contributed by atoms with Crippen LogP contribution >= 0.6 is 0 Å². The SMILES string of the molecule is C#Cc1cccc(N(Cc2ccc(CC(=O)C[C@@H](CCC(=O)O)C(=O)O)cc2)c2ncnc3cc(OCCOC)c(OCCOC)cc23)c1. The van der Waals surface area contributed by atoms with Crippen molar-refractivity contribution in [3.8, 4) is 23.8 Å². The second-order valence-electron chi connectivity index (χ2n) is 11.2. The van der Waals surface area contributed by atoms with Gasteiger partial charge in [0.15, 0.2) is 11.5 Å². The number of carbonyl (C=O) groups excluding carboxylic acids is 1. The molecule has 0 aliphatic heterocycles. The van der Waals surface area contributed by atoms with Crippen molar-refractivity contribution in [2.75, 3.05) is 45.5 Å². The molecule has 49 heavy (non-hydrogen) atoms. The molecule has 0 spiro atoms. The van der Waals surface area contributed by atoms with Gasteiger partial charge < -0.3 is 34.1 Å². The Morgan fingerprint density at radius 3 is 2.18 bits per heavy atom. The minimum Gasteiger partial charge on any atom is -0.487 e. The number of carbonyl (C=O) groups is 3. The number of methoxy groups -OCH3 is 2. The molecule has 12 heteroatoms. The van der Waals surface area contributed by atoms with E-state index in [9.17, 15) is 19.5 Å². The summed E-state index contributed by atoms with van der Waals surface area (Å²) in [6.45, 7) is 1.76. The second-order valence-corrected chi connectivity index (χ2v) is 11.2. The maximum Gasteiger partial charge on any atom is 0.306 e. The highest BCUT2D eigenvalue weighted by Gasteiger charge is 2.23. The normalized spacial score (nSPS) is 11.4. The van der Waals surface area contributed by atoms with E-state index in [1.165, 1.54) is 6.33 Å². The minimum absolute atomic E-state index is 0.0300. The van der Waals surface area contributed by atoms with Crippen LogP contribution in [-0.2, 0) is 36.8 Å². The average Bonchev–Trinajstić information content (AvgIpc) is 3.09. The molecule has 4 aromatic rings. The van der Waals surface area contributed by atoms with Crippen LogP contribution in [0.2, 0.25) is 0 Å². The molecule has 2 N–H and O–H groups in total. The maximum absolute atomic E-state index is 12.7. The third-order valence-corrected chi connectivity index (χ3v) is 7.64. The summed E-state index contributed by atoms with van der Waals surface area (Å²) in [6.07, 6.45) is 6.61. The fraction of sp³-hybridized carbons (Fsp3) is 0.324. The predicted molar refractivity (Wildman–Crippen MR) is 182 cm³/mol. The van der Waals surface area contributed by atoms with Crippen molar-refractivity contribution in [3.63, 3.8) is 0 Å². The smallest absolute Gasteiger partial charge is 0.306 e. The van der Waals surface area contributed by atoms with E-state index in [2.05, 4.69) is 10.9 Å². The minimum atomic E-state index is -1.18. The van der Waals surface area contributed by atoms with E-state index in [4.69, 9.17) is 35.5 Å². The third-order valence-electron chi connectivity index (χ3n) is 7.64. The van der Waals surface area contributed by atoms with Gasteiger partial charge in [0.2, 0.25) is 0 Å². The topological polar surface area (TPSA) is 158 Å². The van der Waals surface area contributed by atoms with Crippen LogP contribution in [-0.4, -0.2) is 78.5 Å². The number of aromatic nitrogens is 2. The Kier molecular flexibility index (Phi) is 13.5. The number of rotatable bonds is 20. The number of ether oxygens (including phenoxy) is 4. The molecule has 3 aromatic carbocycles. The summed E-state index contributed by atoms with van der Waals surface area (Å²) in [6, 6.07) is 18.6. The summed E-state index contributed by atoms with van der Waals surface area (Å²) < 4.78 is 22.3. The number of anilines is 2. The lowest BCUT2D eigenvalue weighted by Gasteiger charge is -2.26. The first-order valence-electron chi connectivity index (χ1n) is 15.6. The fourth-order valence-electron chi connectivity index (χ4n) is 5.14. The zero-order chi connectivity index (χ0) is 35.2. The van der Waals surface area contributed by atoms with E-state index >= 15 is 0 Å². The van der Waals surface area contributed by atoms with Crippen molar-refractivity contribution in [2.45, 2.75) is 32.2 Å². The number of aliphatic carboxylic acids is 2. The number of benzene rings is 3. The van der Waals surface area contributed by atoms with Gasteiger partial charge in [-0.1, -0.05) is 36.3 Å². The van der Waals surface area contributed by atoms with Crippen LogP contribution in [0.5, 0.6) is 11.5 Å². The molecule has 1 atom stereocenters. The number of hydrogen-bond acceptors (Lipinski definition) is 10. The molecule has 0 bridgehead atoms. The maximum atomic E-state index is 12.7. The number of carboxylic acid groups (broad SMARTS) is 2. The van der Waals surface area contributed by atoms with Gasteiger partial charge >= 0.3 is 11.9 Å². The lowest BCUT2D eigenvalue weighted by atomic mass is 9.94. The molecule has 0 amide bonds. The number of ketones is 1. The van der Waals surface area contributed by atoms with Crippen LogP contribution in [0, 0.1) is 18.3 Å². The first-order valence-corrected chi connectivity index (χ1v) is 15.6. The first-order chi connectivity index (χ1) is 23.7. The number of fused-ring (bicyclic) bond motifs is 1. The van der Waals surface area contributed by atoms with Gasteiger partial charge in [-0.3, -0.25) is 14.4 Å². The van der Waals surface area contributed by atoms with Crippen molar-refractivity contribution >= 4 is 40.1 Å². The first kappa shape index (κ1) is 36.3. The number of nitrogens with zero attached hydrogens (tertiary/aromatic N) is 3. The largest absolute Gasteiger partial charge is 0.487 e. The molecule has 0 aliphatic carbocycles. The lowest BCUT2D eigenvalue weighted by molar-refractivity contribution is -0.145. The number of carboxylic acids is 2. The highest BCUT2D eigenvalue weighted by Crippen LogP contribution is 2.38. The molecular weight excluding hydrogens is 630 g/mol. The molecule has 12 nitrogen and oxygen atoms in total. The zero-order valence-electron chi connectivity index (χ0n) is 27.5. The molecule has 4 rings (SSSR count). The monoisotopic (exact) mass is 669 g/mol.